The highest BCUT2D eigenvalue weighted by Crippen LogP contribution is 2.45. The molecule has 20 heteroatoms. The van der Waals surface area contributed by atoms with Gasteiger partial charge in [0, 0.05) is 36.7 Å². The van der Waals surface area contributed by atoms with Gasteiger partial charge in [-0.3, -0.25) is 19.2 Å². The fraction of sp³-hybridized carbons (Fsp3) is 0.449. The number of ether oxygens (including phenoxy) is 2. The van der Waals surface area contributed by atoms with E-state index in [1.807, 2.05) is 12.1 Å². The summed E-state index contributed by atoms with van der Waals surface area (Å²) in [7, 11) is 1.32. The molecule has 0 radical (unpaired) electrons. The topological polar surface area (TPSA) is 334 Å². The predicted molar refractivity (Wildman–Crippen MR) is 257 cm³/mol. The van der Waals surface area contributed by atoms with E-state index < -0.39 is 65.6 Å². The number of aryl methyl sites for hydroxylation is 2. The van der Waals surface area contributed by atoms with Crippen molar-refractivity contribution in [3.8, 4) is 39.8 Å². The van der Waals surface area contributed by atoms with E-state index in [9.17, 15) is 39.3 Å². The number of carbonyl (C=O) groups excluding carboxylic acids is 4. The lowest BCUT2D eigenvalue weighted by molar-refractivity contribution is -0.143. The summed E-state index contributed by atoms with van der Waals surface area (Å²) in [6.45, 7) is 7.40. The van der Waals surface area contributed by atoms with Gasteiger partial charge >= 0.3 is 5.97 Å². The average Bonchev–Trinajstić information content (AvgIpc) is 3.62. The molecule has 1 aliphatic carbocycles. The SMILES string of the molecule is Cc1nc(-c2ccc3c(c2)CCC3(C)C)nc(N)c1C(=O)N[C@@H](CCCN)C(=O)N(C)[C@@H]1C(=O)N[C@@H](C)C(=O)N[C@H](C(=O)O)Cc2ccc(OCCCN)c(c2)-c2cc1cc(OC[C@H](O)CN)c2O. The molecule has 0 saturated heterocycles. The molecule has 2 aliphatic rings. The van der Waals surface area contributed by atoms with Gasteiger partial charge in [0.2, 0.25) is 17.7 Å². The zero-order chi connectivity index (χ0) is 50.3. The lowest BCUT2D eigenvalue weighted by Gasteiger charge is -2.33. The number of hydrogen-bond acceptors (Lipinski definition) is 15. The first-order chi connectivity index (χ1) is 32.8. The standard InChI is InChI=1S/C49H64N10O10/c1-25-39(42(53)58-43(54-25)29-10-11-34-28(20-29)13-14-49(34,3)4)45(63)56-35(8-6-15-50)47(65)59(5)40-30-21-33(41(61)38(22-30)69-24-31(60)23-52)32-18-27(9-12-37(32)68-17-7-16-51)19-36(48(66)67)57-44(62)26(2)55-46(40)64/h9-12,18,20-22,26,31,35-36,40,60-61H,6-8,13-17,19,23-24,50-52H2,1-5H3,(H,55,64)(H,56,63)(H,57,62)(H,66,67)(H2,53,54,58)/t26-,31+,35-,36-,40-/m0/s1. The maximum atomic E-state index is 14.9. The number of nitrogen functional groups attached to an aromatic ring is 1. The lowest BCUT2D eigenvalue weighted by Crippen LogP contribution is -2.55. The van der Waals surface area contributed by atoms with Gasteiger partial charge in [-0.25, -0.2) is 14.8 Å². The summed E-state index contributed by atoms with van der Waals surface area (Å²) in [5.41, 5.74) is 28.0. The molecule has 0 unspecified atom stereocenters. The summed E-state index contributed by atoms with van der Waals surface area (Å²) in [4.78, 5) is 80.2. The van der Waals surface area contributed by atoms with Crippen LogP contribution in [0.5, 0.6) is 17.2 Å². The second-order valence-electron chi connectivity index (χ2n) is 18.2. The van der Waals surface area contributed by atoms with Crippen molar-refractivity contribution < 1.29 is 48.8 Å². The van der Waals surface area contributed by atoms with Crippen molar-refractivity contribution in [1.82, 2.24) is 30.8 Å². The van der Waals surface area contributed by atoms with Crippen LogP contribution in [0.4, 0.5) is 5.82 Å². The molecule has 0 saturated carbocycles. The number of rotatable bonds is 17. The van der Waals surface area contributed by atoms with Gasteiger partial charge in [-0.15, -0.1) is 0 Å². The number of nitrogens with zero attached hydrogens (tertiary/aromatic N) is 3. The van der Waals surface area contributed by atoms with E-state index in [1.165, 1.54) is 37.2 Å². The van der Waals surface area contributed by atoms with Crippen molar-refractivity contribution >= 4 is 35.4 Å². The minimum Gasteiger partial charge on any atom is -0.504 e. The molecule has 6 rings (SSSR count). The van der Waals surface area contributed by atoms with E-state index in [4.69, 9.17) is 32.4 Å². The van der Waals surface area contributed by atoms with Crippen LogP contribution in [0.3, 0.4) is 0 Å². The first-order valence-corrected chi connectivity index (χ1v) is 23.0. The van der Waals surface area contributed by atoms with Gasteiger partial charge in [-0.05, 0) is 117 Å². The minimum absolute atomic E-state index is 0.0148. The highest BCUT2D eigenvalue weighted by Gasteiger charge is 2.37. The van der Waals surface area contributed by atoms with Gasteiger partial charge in [-0.2, -0.15) is 0 Å². The number of amides is 4. The summed E-state index contributed by atoms with van der Waals surface area (Å²) < 4.78 is 12.0. The van der Waals surface area contributed by atoms with Crippen LogP contribution in [0.15, 0.2) is 48.5 Å². The molecule has 69 heavy (non-hydrogen) atoms. The Morgan fingerprint density at radius 2 is 1.70 bits per heavy atom. The number of carbonyl (C=O) groups is 5. The smallest absolute Gasteiger partial charge is 0.326 e. The van der Waals surface area contributed by atoms with Gasteiger partial charge in [-0.1, -0.05) is 32.0 Å². The largest absolute Gasteiger partial charge is 0.504 e. The molecular weight excluding hydrogens is 889 g/mol. The number of phenolic OH excluding ortho intramolecular Hbond substituents is 1. The molecule has 0 fully saturated rings. The zero-order valence-electron chi connectivity index (χ0n) is 39.6. The summed E-state index contributed by atoms with van der Waals surface area (Å²) in [5, 5.41) is 40.4. The molecule has 2 heterocycles. The van der Waals surface area contributed by atoms with Gasteiger partial charge < -0.3 is 68.6 Å². The van der Waals surface area contributed by atoms with Gasteiger partial charge in [0.1, 0.15) is 54.0 Å². The van der Waals surface area contributed by atoms with Crippen molar-refractivity contribution in [3.05, 3.63) is 82.0 Å². The molecule has 4 aromatic rings. The van der Waals surface area contributed by atoms with E-state index in [-0.39, 0.29) is 96.2 Å². The van der Waals surface area contributed by atoms with Crippen molar-refractivity contribution in [1.29, 1.82) is 0 Å². The number of fused-ring (bicyclic) bond motifs is 6. The molecule has 3 aromatic carbocycles. The summed E-state index contributed by atoms with van der Waals surface area (Å²) in [5.74, 6) is -4.82. The predicted octanol–water partition coefficient (Wildman–Crippen LogP) is 1.72. The van der Waals surface area contributed by atoms with Crippen LogP contribution in [0.1, 0.15) is 90.8 Å². The number of likely N-dealkylation sites (N-methyl/N-ethyl adjacent to an activating group) is 1. The van der Waals surface area contributed by atoms with Crippen molar-refractivity contribution in [2.24, 2.45) is 17.2 Å². The molecule has 0 spiro atoms. The highest BCUT2D eigenvalue weighted by atomic mass is 16.5. The van der Waals surface area contributed by atoms with E-state index in [0.29, 0.717) is 24.4 Å². The number of aromatic hydroxyl groups is 1. The monoisotopic (exact) mass is 952 g/mol. The number of carboxylic acid groups (broad SMARTS) is 1. The molecule has 1 aromatic heterocycles. The third-order valence-electron chi connectivity index (χ3n) is 12.6. The van der Waals surface area contributed by atoms with Crippen molar-refractivity contribution in [2.75, 3.05) is 45.6 Å². The number of carboxylic acids is 1. The van der Waals surface area contributed by atoms with Crippen molar-refractivity contribution in [2.45, 2.75) is 102 Å². The number of aliphatic hydroxyl groups is 1. The third-order valence-corrected chi connectivity index (χ3v) is 12.6. The molecule has 4 bridgehead atoms. The molecule has 1 aliphatic heterocycles. The Morgan fingerprint density at radius 1 is 0.957 bits per heavy atom. The Balaban J connectivity index is 1.43. The Bertz CT molecular complexity index is 2570. The maximum absolute atomic E-state index is 14.9. The third kappa shape index (κ3) is 11.7. The quantitative estimate of drug-likeness (QED) is 0.0674. The number of nitrogens with two attached hydrogens (primary N) is 4. The van der Waals surface area contributed by atoms with E-state index in [1.54, 1.807) is 25.1 Å². The summed E-state index contributed by atoms with van der Waals surface area (Å²) in [6.07, 6.45) is 1.28. The first kappa shape index (κ1) is 51.5. The lowest BCUT2D eigenvalue weighted by atomic mass is 9.86. The van der Waals surface area contributed by atoms with Crippen LogP contribution in [0.25, 0.3) is 22.5 Å². The number of benzene rings is 3. The zero-order valence-corrected chi connectivity index (χ0v) is 39.6. The van der Waals surface area contributed by atoms with Crippen LogP contribution in [-0.4, -0.2) is 124 Å². The average molecular weight is 953 g/mol. The Kier molecular flexibility index (Phi) is 16.5. The van der Waals surface area contributed by atoms with Crippen LogP contribution in [0, 0.1) is 6.92 Å². The molecular formula is C49H64N10O10. The fourth-order valence-electron chi connectivity index (χ4n) is 8.67. The fourth-order valence-corrected chi connectivity index (χ4v) is 8.67. The Morgan fingerprint density at radius 3 is 2.38 bits per heavy atom. The van der Waals surface area contributed by atoms with Gasteiger partial charge in [0.15, 0.2) is 17.3 Å². The first-order valence-electron chi connectivity index (χ1n) is 23.0. The van der Waals surface area contributed by atoms with Crippen LogP contribution in [0.2, 0.25) is 0 Å². The Hall–Kier alpha value is -6.87. The minimum atomic E-state index is -1.62. The molecule has 370 valence electrons. The van der Waals surface area contributed by atoms with Crippen LogP contribution >= 0.6 is 0 Å². The van der Waals surface area contributed by atoms with E-state index >= 15 is 0 Å². The van der Waals surface area contributed by atoms with Gasteiger partial charge in [0.25, 0.3) is 5.91 Å². The summed E-state index contributed by atoms with van der Waals surface area (Å²) in [6, 6.07) is 7.84. The maximum Gasteiger partial charge on any atom is 0.326 e. The van der Waals surface area contributed by atoms with Crippen molar-refractivity contribution in [3.63, 3.8) is 0 Å². The number of aromatic nitrogens is 2. The number of nitrogens with one attached hydrogen (secondary N) is 3. The molecule has 5 atom stereocenters. The molecule has 4 amide bonds. The van der Waals surface area contributed by atoms with Gasteiger partial charge in [0.05, 0.1) is 12.3 Å². The number of phenols is 1. The second kappa shape index (κ2) is 22.0. The summed E-state index contributed by atoms with van der Waals surface area (Å²) >= 11 is 0. The molecule has 14 N–H and O–H groups in total. The van der Waals surface area contributed by atoms with Crippen LogP contribution < -0.4 is 48.4 Å². The Labute approximate surface area is 400 Å². The number of hydrogen-bond donors (Lipinski definition) is 10. The number of anilines is 1. The molecule has 20 nitrogen and oxygen atoms in total. The van der Waals surface area contributed by atoms with E-state index in [2.05, 4.69) is 45.8 Å². The second-order valence-corrected chi connectivity index (χ2v) is 18.2. The number of aliphatic hydroxyl groups excluding tert-OH is 1. The number of aliphatic carboxylic acids is 1. The van der Waals surface area contributed by atoms with E-state index in [0.717, 1.165) is 23.3 Å². The highest BCUT2D eigenvalue weighted by molar-refractivity contribution is 6.02. The normalized spacial score (nSPS) is 18.4. The van der Waals surface area contributed by atoms with Crippen LogP contribution in [-0.2, 0) is 37.4 Å².